The van der Waals surface area contributed by atoms with Crippen LogP contribution in [0.1, 0.15) is 51.9 Å². The summed E-state index contributed by atoms with van der Waals surface area (Å²) in [6.45, 7) is 1.73. The molecule has 1 rings (SSSR count). The van der Waals surface area contributed by atoms with Crippen molar-refractivity contribution in [1.29, 1.82) is 0 Å². The Morgan fingerprint density at radius 2 is 1.94 bits per heavy atom. The van der Waals surface area contributed by atoms with E-state index in [4.69, 9.17) is 10.8 Å². The lowest BCUT2D eigenvalue weighted by Crippen LogP contribution is -2.49. The highest BCUT2D eigenvalue weighted by atomic mass is 16.4. The molecule has 0 spiro atoms. The Balaban J connectivity index is 2.45. The van der Waals surface area contributed by atoms with Crippen LogP contribution in [0.25, 0.3) is 0 Å². The summed E-state index contributed by atoms with van der Waals surface area (Å²) in [5.74, 6) is -1.24. The number of carbonyl (C=O) groups is 2. The van der Waals surface area contributed by atoms with Gasteiger partial charge in [-0.15, -0.1) is 0 Å². The second kappa shape index (κ2) is 6.00. The topological polar surface area (TPSA) is 92.4 Å². The molecule has 4 N–H and O–H groups in total. The monoisotopic (exact) mass is 242 g/mol. The molecule has 0 radical (unpaired) electrons. The smallest absolute Gasteiger partial charge is 0.326 e. The van der Waals surface area contributed by atoms with E-state index >= 15 is 0 Å². The molecule has 0 aromatic rings. The number of nitrogens with one attached hydrogen (secondary N) is 1. The summed E-state index contributed by atoms with van der Waals surface area (Å²) in [4.78, 5) is 22.5. The molecule has 5 nitrogen and oxygen atoms in total. The Labute approximate surface area is 102 Å². The van der Waals surface area contributed by atoms with Crippen LogP contribution >= 0.6 is 0 Å². The van der Waals surface area contributed by atoms with Crippen LogP contribution in [-0.2, 0) is 9.59 Å². The van der Waals surface area contributed by atoms with Gasteiger partial charge in [0.15, 0.2) is 0 Å². The van der Waals surface area contributed by atoms with E-state index in [0.717, 1.165) is 25.7 Å². The van der Waals surface area contributed by atoms with Gasteiger partial charge < -0.3 is 16.2 Å². The maximum absolute atomic E-state index is 11.7. The van der Waals surface area contributed by atoms with Crippen molar-refractivity contribution in [1.82, 2.24) is 5.32 Å². The van der Waals surface area contributed by atoms with Crippen molar-refractivity contribution >= 4 is 11.9 Å². The van der Waals surface area contributed by atoms with Gasteiger partial charge in [-0.1, -0.05) is 26.2 Å². The highest BCUT2D eigenvalue weighted by Gasteiger charge is 2.31. The molecule has 0 aromatic heterocycles. The van der Waals surface area contributed by atoms with Crippen LogP contribution in [0.3, 0.4) is 0 Å². The first-order chi connectivity index (χ1) is 7.97. The fraction of sp³-hybridized carbons (Fsp3) is 0.833. The normalized spacial score (nSPS) is 20.6. The van der Waals surface area contributed by atoms with Crippen molar-refractivity contribution in [3.8, 4) is 0 Å². The summed E-state index contributed by atoms with van der Waals surface area (Å²) >= 11 is 0. The minimum atomic E-state index is -0.990. The molecule has 1 aliphatic carbocycles. The zero-order valence-corrected chi connectivity index (χ0v) is 10.4. The molecule has 1 amide bonds. The first-order valence-electron chi connectivity index (χ1n) is 6.28. The average Bonchev–Trinajstić information content (AvgIpc) is 2.25. The lowest BCUT2D eigenvalue weighted by Gasteiger charge is -2.33. The van der Waals surface area contributed by atoms with Gasteiger partial charge in [0.05, 0.1) is 0 Å². The quantitative estimate of drug-likeness (QED) is 0.671. The summed E-state index contributed by atoms with van der Waals surface area (Å²) in [6.07, 6.45) is 5.61. The third kappa shape index (κ3) is 4.34. The zero-order valence-electron chi connectivity index (χ0n) is 10.4. The van der Waals surface area contributed by atoms with Gasteiger partial charge in [0, 0.05) is 12.0 Å². The maximum atomic E-state index is 11.7. The van der Waals surface area contributed by atoms with Gasteiger partial charge in [-0.3, -0.25) is 4.79 Å². The van der Waals surface area contributed by atoms with Gasteiger partial charge >= 0.3 is 5.97 Å². The third-order valence-electron chi connectivity index (χ3n) is 3.40. The van der Waals surface area contributed by atoms with Gasteiger partial charge in [-0.05, 0) is 19.3 Å². The lowest BCUT2D eigenvalue weighted by molar-refractivity contribution is -0.142. The summed E-state index contributed by atoms with van der Waals surface area (Å²) < 4.78 is 0. The van der Waals surface area contributed by atoms with Gasteiger partial charge in [0.25, 0.3) is 0 Å². The molecule has 0 saturated heterocycles. The summed E-state index contributed by atoms with van der Waals surface area (Å²) in [5.41, 5.74) is 5.71. The predicted molar refractivity (Wildman–Crippen MR) is 64.5 cm³/mol. The Hall–Kier alpha value is -1.10. The minimum Gasteiger partial charge on any atom is -0.480 e. The lowest BCUT2D eigenvalue weighted by atomic mass is 9.80. The molecule has 1 saturated carbocycles. The molecule has 0 bridgehead atoms. The van der Waals surface area contributed by atoms with Gasteiger partial charge in [0.1, 0.15) is 6.04 Å². The second-order valence-electron chi connectivity index (χ2n) is 4.97. The standard InChI is InChI=1S/C12H22N2O3/c1-2-9(11(16)17)14-10(15)8-12(13)6-4-3-5-7-12/h9H,2-8,13H2,1H3,(H,14,15)(H,16,17). The molecule has 1 aliphatic rings. The zero-order chi connectivity index (χ0) is 12.9. The number of rotatable bonds is 5. The number of carboxylic acid groups (broad SMARTS) is 1. The van der Waals surface area contributed by atoms with Crippen molar-refractivity contribution in [3.63, 3.8) is 0 Å². The molecule has 0 aromatic carbocycles. The number of hydrogen-bond acceptors (Lipinski definition) is 3. The van der Waals surface area contributed by atoms with Crippen LogP contribution in [0.15, 0.2) is 0 Å². The largest absolute Gasteiger partial charge is 0.480 e. The number of carbonyl (C=O) groups excluding carboxylic acids is 1. The van der Waals surface area contributed by atoms with Crippen molar-refractivity contribution in [2.75, 3.05) is 0 Å². The summed E-state index contributed by atoms with van der Waals surface area (Å²) in [5, 5.41) is 11.4. The van der Waals surface area contributed by atoms with E-state index in [1.807, 2.05) is 0 Å². The van der Waals surface area contributed by atoms with E-state index in [1.54, 1.807) is 6.92 Å². The van der Waals surface area contributed by atoms with Crippen molar-refractivity contribution in [3.05, 3.63) is 0 Å². The number of carboxylic acids is 1. The van der Waals surface area contributed by atoms with E-state index in [-0.39, 0.29) is 12.3 Å². The highest BCUT2D eigenvalue weighted by Crippen LogP contribution is 2.28. The average molecular weight is 242 g/mol. The number of amides is 1. The Bertz CT molecular complexity index is 285. The molecule has 5 heteroatoms. The highest BCUT2D eigenvalue weighted by molar-refractivity contribution is 5.84. The molecule has 17 heavy (non-hydrogen) atoms. The third-order valence-corrected chi connectivity index (χ3v) is 3.40. The summed E-state index contributed by atoms with van der Waals surface area (Å²) in [7, 11) is 0. The van der Waals surface area contributed by atoms with E-state index < -0.39 is 17.6 Å². The number of nitrogens with two attached hydrogens (primary N) is 1. The van der Waals surface area contributed by atoms with Crippen LogP contribution < -0.4 is 11.1 Å². The van der Waals surface area contributed by atoms with Gasteiger partial charge in [-0.2, -0.15) is 0 Å². The SMILES string of the molecule is CCC(NC(=O)CC1(N)CCCCC1)C(=O)O. The molecule has 1 atom stereocenters. The van der Waals surface area contributed by atoms with Crippen LogP contribution in [0.5, 0.6) is 0 Å². The van der Waals surface area contributed by atoms with Crippen molar-refractivity contribution in [2.45, 2.75) is 63.5 Å². The van der Waals surface area contributed by atoms with E-state index in [9.17, 15) is 9.59 Å². The van der Waals surface area contributed by atoms with Crippen molar-refractivity contribution < 1.29 is 14.7 Å². The molecule has 1 fully saturated rings. The van der Waals surface area contributed by atoms with Gasteiger partial charge in [0.2, 0.25) is 5.91 Å². The molecular weight excluding hydrogens is 220 g/mol. The van der Waals surface area contributed by atoms with Crippen LogP contribution in [0.4, 0.5) is 0 Å². The number of aliphatic carboxylic acids is 1. The van der Waals surface area contributed by atoms with E-state index in [0.29, 0.717) is 6.42 Å². The van der Waals surface area contributed by atoms with Crippen LogP contribution in [0.2, 0.25) is 0 Å². The fourth-order valence-electron chi connectivity index (χ4n) is 2.34. The molecule has 0 heterocycles. The molecular formula is C12H22N2O3. The molecule has 98 valence electrons. The first-order valence-corrected chi connectivity index (χ1v) is 6.28. The number of hydrogen-bond donors (Lipinski definition) is 3. The fourth-order valence-corrected chi connectivity index (χ4v) is 2.34. The maximum Gasteiger partial charge on any atom is 0.326 e. The van der Waals surface area contributed by atoms with Crippen LogP contribution in [0, 0.1) is 0 Å². The molecule has 1 unspecified atom stereocenters. The first kappa shape index (κ1) is 14.0. The second-order valence-corrected chi connectivity index (χ2v) is 4.97. The van der Waals surface area contributed by atoms with Crippen molar-refractivity contribution in [2.24, 2.45) is 5.73 Å². The Morgan fingerprint density at radius 3 is 2.41 bits per heavy atom. The van der Waals surface area contributed by atoms with E-state index in [1.165, 1.54) is 6.42 Å². The van der Waals surface area contributed by atoms with Crippen LogP contribution in [-0.4, -0.2) is 28.6 Å². The minimum absolute atomic E-state index is 0.233. The van der Waals surface area contributed by atoms with E-state index in [2.05, 4.69) is 5.32 Å². The predicted octanol–water partition coefficient (Wildman–Crippen LogP) is 1.02. The Morgan fingerprint density at radius 1 is 1.35 bits per heavy atom. The van der Waals surface area contributed by atoms with Gasteiger partial charge in [-0.25, -0.2) is 4.79 Å². The molecule has 0 aliphatic heterocycles. The Kier molecular flexibility index (Phi) is 4.93. The summed E-state index contributed by atoms with van der Waals surface area (Å²) in [6, 6.07) is -0.797.